The highest BCUT2D eigenvalue weighted by molar-refractivity contribution is 6.51. The number of Topliss-reactive ketones (excluding diaryl/α,β-unsaturated/α-hetero) is 1. The monoisotopic (exact) mass is 461 g/mol. The molecule has 0 spiro atoms. The van der Waals surface area contributed by atoms with E-state index in [4.69, 9.17) is 9.15 Å². The summed E-state index contributed by atoms with van der Waals surface area (Å²) in [6.07, 6.45) is -3.33. The Hall–Kier alpha value is -4.08. The van der Waals surface area contributed by atoms with E-state index in [0.717, 1.165) is 41.3 Å². The molecule has 3 aromatic rings. The van der Waals surface area contributed by atoms with Gasteiger partial charge >= 0.3 is 6.18 Å². The molecule has 1 atom stereocenters. The first-order valence-electron chi connectivity index (χ1n) is 9.49. The Morgan fingerprint density at radius 2 is 1.79 bits per heavy atom. The van der Waals surface area contributed by atoms with Gasteiger partial charge in [0, 0.05) is 5.69 Å². The van der Waals surface area contributed by atoms with Crippen molar-refractivity contribution < 1.29 is 41.4 Å². The largest absolute Gasteiger partial charge is 0.507 e. The molecule has 170 valence electrons. The van der Waals surface area contributed by atoms with Crippen LogP contribution >= 0.6 is 0 Å². The maximum absolute atomic E-state index is 13.9. The fraction of sp³-hybridized carbons (Fsp3) is 0.130. The first-order chi connectivity index (χ1) is 15.6. The third-order valence-electron chi connectivity index (χ3n) is 5.15. The molecule has 4 rings (SSSR count). The van der Waals surface area contributed by atoms with Crippen LogP contribution in [0.15, 0.2) is 70.9 Å². The van der Waals surface area contributed by atoms with E-state index in [0.29, 0.717) is 0 Å². The van der Waals surface area contributed by atoms with Gasteiger partial charge < -0.3 is 14.3 Å². The van der Waals surface area contributed by atoms with Crippen LogP contribution < -0.4 is 9.64 Å². The average Bonchev–Trinajstić information content (AvgIpc) is 3.40. The number of ether oxygens (including phenoxy) is 1. The Morgan fingerprint density at radius 3 is 2.36 bits per heavy atom. The summed E-state index contributed by atoms with van der Waals surface area (Å²) in [6.45, 7) is 0. The van der Waals surface area contributed by atoms with Crippen LogP contribution in [0.25, 0.3) is 5.76 Å². The SMILES string of the molecule is COc1ccc(F)cc1/C(O)=C1/C(=O)C(=O)N(c2ccc(C(F)(F)F)cc2)C1c1ccco1. The summed E-state index contributed by atoms with van der Waals surface area (Å²) >= 11 is 0. The van der Waals surface area contributed by atoms with E-state index < -0.39 is 46.6 Å². The van der Waals surface area contributed by atoms with E-state index in [2.05, 4.69) is 0 Å². The number of anilines is 1. The highest BCUT2D eigenvalue weighted by Gasteiger charge is 2.48. The predicted octanol–water partition coefficient (Wildman–Crippen LogP) is 5.07. The minimum Gasteiger partial charge on any atom is -0.507 e. The van der Waals surface area contributed by atoms with Crippen molar-refractivity contribution in [2.24, 2.45) is 0 Å². The van der Waals surface area contributed by atoms with Crippen molar-refractivity contribution in [2.45, 2.75) is 12.2 Å². The summed E-state index contributed by atoms with van der Waals surface area (Å²) in [7, 11) is 1.27. The number of halogens is 4. The van der Waals surface area contributed by atoms with E-state index in [1.54, 1.807) is 0 Å². The number of hydrogen-bond donors (Lipinski definition) is 1. The number of aliphatic hydroxyl groups is 1. The number of hydrogen-bond acceptors (Lipinski definition) is 5. The van der Waals surface area contributed by atoms with Gasteiger partial charge in [-0.2, -0.15) is 13.2 Å². The van der Waals surface area contributed by atoms with Gasteiger partial charge in [-0.15, -0.1) is 0 Å². The minimum atomic E-state index is -4.60. The fourth-order valence-electron chi connectivity index (χ4n) is 3.64. The quantitative estimate of drug-likeness (QED) is 0.254. The van der Waals surface area contributed by atoms with E-state index in [9.17, 15) is 32.3 Å². The lowest BCUT2D eigenvalue weighted by Gasteiger charge is -2.24. The average molecular weight is 461 g/mol. The number of furan rings is 1. The number of rotatable bonds is 4. The summed E-state index contributed by atoms with van der Waals surface area (Å²) in [5.74, 6) is -3.59. The van der Waals surface area contributed by atoms with E-state index in [1.165, 1.54) is 31.6 Å². The predicted molar refractivity (Wildman–Crippen MR) is 108 cm³/mol. The molecule has 0 saturated carbocycles. The fourth-order valence-corrected chi connectivity index (χ4v) is 3.64. The standard InChI is InChI=1S/C23H15F4NO5/c1-32-16-9-6-13(24)11-15(16)20(29)18-19(17-3-2-10-33-17)28(22(31)21(18)30)14-7-4-12(5-8-14)23(25,26)27/h2-11,19,29H,1H3/b20-18-. The molecule has 1 amide bonds. The molecule has 2 heterocycles. The first kappa shape index (κ1) is 22.1. The Balaban J connectivity index is 1.91. The topological polar surface area (TPSA) is 80.0 Å². The molecule has 1 aliphatic rings. The summed E-state index contributed by atoms with van der Waals surface area (Å²) < 4.78 is 63.3. The molecule has 1 aliphatic heterocycles. The molecule has 10 heteroatoms. The maximum Gasteiger partial charge on any atom is 0.416 e. The smallest absolute Gasteiger partial charge is 0.416 e. The van der Waals surface area contributed by atoms with Crippen LogP contribution in [-0.4, -0.2) is 23.9 Å². The van der Waals surface area contributed by atoms with Crippen LogP contribution in [0.2, 0.25) is 0 Å². The number of methoxy groups -OCH3 is 1. The lowest BCUT2D eigenvalue weighted by Crippen LogP contribution is -2.29. The molecule has 1 saturated heterocycles. The zero-order valence-corrected chi connectivity index (χ0v) is 16.9. The second kappa shape index (κ2) is 8.12. The highest BCUT2D eigenvalue weighted by Crippen LogP contribution is 2.44. The van der Waals surface area contributed by atoms with Gasteiger partial charge in [0.15, 0.2) is 0 Å². The zero-order valence-electron chi connectivity index (χ0n) is 16.9. The van der Waals surface area contributed by atoms with Crippen LogP contribution in [0, 0.1) is 5.82 Å². The lowest BCUT2D eigenvalue weighted by molar-refractivity contribution is -0.137. The van der Waals surface area contributed by atoms with Crippen molar-refractivity contribution >= 4 is 23.1 Å². The number of amides is 1. The maximum atomic E-state index is 13.9. The third-order valence-corrected chi connectivity index (χ3v) is 5.15. The number of carbonyl (C=O) groups excluding carboxylic acids is 2. The van der Waals surface area contributed by atoms with Crippen LogP contribution in [0.3, 0.4) is 0 Å². The Bertz CT molecular complexity index is 1250. The molecular weight excluding hydrogens is 446 g/mol. The van der Waals surface area contributed by atoms with Crippen molar-refractivity contribution in [1.82, 2.24) is 0 Å². The van der Waals surface area contributed by atoms with E-state index in [-0.39, 0.29) is 22.8 Å². The molecule has 2 aromatic carbocycles. The molecule has 0 bridgehead atoms. The highest BCUT2D eigenvalue weighted by atomic mass is 19.4. The van der Waals surface area contributed by atoms with Crippen LogP contribution in [0.5, 0.6) is 5.75 Å². The molecule has 0 radical (unpaired) electrons. The Kier molecular flexibility index (Phi) is 5.44. The summed E-state index contributed by atoms with van der Waals surface area (Å²) in [5, 5.41) is 11.0. The molecule has 6 nitrogen and oxygen atoms in total. The first-order valence-corrected chi connectivity index (χ1v) is 9.49. The summed E-state index contributed by atoms with van der Waals surface area (Å²) in [5.41, 5.74) is -1.59. The van der Waals surface area contributed by atoms with Gasteiger partial charge in [0.25, 0.3) is 11.7 Å². The summed E-state index contributed by atoms with van der Waals surface area (Å²) in [6, 6.07) is 8.45. The molecule has 1 unspecified atom stereocenters. The van der Waals surface area contributed by atoms with E-state index >= 15 is 0 Å². The normalized spacial score (nSPS) is 18.1. The second-order valence-electron chi connectivity index (χ2n) is 7.07. The van der Waals surface area contributed by atoms with Crippen LogP contribution in [-0.2, 0) is 15.8 Å². The van der Waals surface area contributed by atoms with Crippen molar-refractivity contribution in [2.75, 3.05) is 12.0 Å². The van der Waals surface area contributed by atoms with E-state index in [1.807, 2.05) is 0 Å². The Morgan fingerprint density at radius 1 is 1.09 bits per heavy atom. The Labute approximate surface area is 184 Å². The third kappa shape index (κ3) is 3.84. The number of aliphatic hydroxyl groups excluding tert-OH is 1. The van der Waals surface area contributed by atoms with Crippen molar-refractivity contribution in [1.29, 1.82) is 0 Å². The van der Waals surface area contributed by atoms with Crippen LogP contribution in [0.4, 0.5) is 23.2 Å². The number of ketones is 1. The minimum absolute atomic E-state index is 0.0308. The number of carbonyl (C=O) groups is 2. The van der Waals surface area contributed by atoms with Gasteiger partial charge in [0.2, 0.25) is 0 Å². The van der Waals surface area contributed by atoms with Gasteiger partial charge in [0.05, 0.1) is 30.1 Å². The van der Waals surface area contributed by atoms with Crippen LogP contribution in [0.1, 0.15) is 22.9 Å². The molecular formula is C23H15F4NO5. The summed E-state index contributed by atoms with van der Waals surface area (Å²) in [4.78, 5) is 26.8. The number of benzene rings is 2. The number of nitrogens with zero attached hydrogens (tertiary/aromatic N) is 1. The second-order valence-corrected chi connectivity index (χ2v) is 7.07. The van der Waals surface area contributed by atoms with Gasteiger partial charge in [-0.1, -0.05) is 0 Å². The molecule has 33 heavy (non-hydrogen) atoms. The van der Waals surface area contributed by atoms with Crippen molar-refractivity contribution in [3.05, 3.63) is 89.1 Å². The zero-order chi connectivity index (χ0) is 23.9. The number of alkyl halides is 3. The van der Waals surface area contributed by atoms with Crippen molar-refractivity contribution in [3.63, 3.8) is 0 Å². The molecule has 1 N–H and O–H groups in total. The molecule has 1 aromatic heterocycles. The molecule has 0 aliphatic carbocycles. The van der Waals surface area contributed by atoms with Gasteiger partial charge in [-0.05, 0) is 54.6 Å². The van der Waals surface area contributed by atoms with Gasteiger partial charge in [-0.25, -0.2) is 4.39 Å². The molecule has 1 fully saturated rings. The van der Waals surface area contributed by atoms with Crippen molar-refractivity contribution in [3.8, 4) is 5.75 Å². The van der Waals surface area contributed by atoms with Gasteiger partial charge in [-0.3, -0.25) is 14.5 Å². The lowest BCUT2D eigenvalue weighted by atomic mass is 9.98. The van der Waals surface area contributed by atoms with Gasteiger partial charge in [0.1, 0.15) is 29.1 Å².